The van der Waals surface area contributed by atoms with Crippen LogP contribution in [0.15, 0.2) is 0 Å². The van der Waals surface area contributed by atoms with Gasteiger partial charge in [-0.3, -0.25) is 9.59 Å². The smallest absolute Gasteiger partial charge is 0.321 e. The molecule has 0 aromatic rings. The number of alkyl halides is 2. The first-order valence-corrected chi connectivity index (χ1v) is 5.99. The van der Waals surface area contributed by atoms with Crippen molar-refractivity contribution >= 4 is 43.8 Å². The summed E-state index contributed by atoms with van der Waals surface area (Å²) in [6.45, 7) is 3.96. The largest absolute Gasteiger partial charge is 0.465 e. The molecular formula is C8H12Br2O4. The lowest BCUT2D eigenvalue weighted by Gasteiger charge is -2.13. The molecular weight excluding hydrogens is 320 g/mol. The molecule has 0 aliphatic carbocycles. The zero-order valence-electron chi connectivity index (χ0n) is 7.96. The van der Waals surface area contributed by atoms with Crippen LogP contribution in [0.5, 0.6) is 0 Å². The molecule has 0 fully saturated rings. The van der Waals surface area contributed by atoms with Crippen LogP contribution < -0.4 is 0 Å². The standard InChI is InChI=1S/C8H12Br2O4/c1-3-13-7(11)5(9)6(10)8(12)14-4-2/h5-6H,3-4H2,1-2H3. The molecule has 0 bridgehead atoms. The van der Waals surface area contributed by atoms with Crippen molar-refractivity contribution in [3.05, 3.63) is 0 Å². The Hall–Kier alpha value is -0.100. The van der Waals surface area contributed by atoms with Crippen LogP contribution in [0.4, 0.5) is 0 Å². The molecule has 0 saturated carbocycles. The van der Waals surface area contributed by atoms with Crippen LogP contribution in [0, 0.1) is 0 Å². The minimum absolute atomic E-state index is 0.281. The first kappa shape index (κ1) is 13.9. The van der Waals surface area contributed by atoms with Crippen LogP contribution in [0.1, 0.15) is 13.8 Å². The Balaban J connectivity index is 4.16. The third-order valence-electron chi connectivity index (χ3n) is 1.28. The van der Waals surface area contributed by atoms with Gasteiger partial charge in [-0.1, -0.05) is 31.9 Å². The lowest BCUT2D eigenvalue weighted by Crippen LogP contribution is -2.33. The third-order valence-corrected chi connectivity index (χ3v) is 3.79. The van der Waals surface area contributed by atoms with Crippen LogP contribution in [-0.2, 0) is 19.1 Å². The molecule has 0 saturated heterocycles. The number of hydrogen-bond acceptors (Lipinski definition) is 4. The topological polar surface area (TPSA) is 52.6 Å². The van der Waals surface area contributed by atoms with E-state index in [0.717, 1.165) is 0 Å². The highest BCUT2D eigenvalue weighted by Crippen LogP contribution is 2.17. The number of carbonyl (C=O) groups excluding carboxylic acids is 2. The molecule has 6 heteroatoms. The highest BCUT2D eigenvalue weighted by atomic mass is 79.9. The number of halogens is 2. The molecule has 0 spiro atoms. The van der Waals surface area contributed by atoms with Gasteiger partial charge in [-0.25, -0.2) is 0 Å². The summed E-state index contributed by atoms with van der Waals surface area (Å²) >= 11 is 6.12. The Bertz CT molecular complexity index is 186. The monoisotopic (exact) mass is 330 g/mol. The zero-order valence-corrected chi connectivity index (χ0v) is 11.1. The Morgan fingerprint density at radius 2 is 1.29 bits per heavy atom. The van der Waals surface area contributed by atoms with E-state index in [9.17, 15) is 9.59 Å². The minimum Gasteiger partial charge on any atom is -0.465 e. The Kier molecular flexibility index (Phi) is 7.17. The second-order valence-electron chi connectivity index (χ2n) is 2.31. The van der Waals surface area contributed by atoms with E-state index in [4.69, 9.17) is 9.47 Å². The summed E-state index contributed by atoms with van der Waals surface area (Å²) in [5.41, 5.74) is 0. The van der Waals surface area contributed by atoms with Crippen molar-refractivity contribution in [2.45, 2.75) is 23.5 Å². The average molecular weight is 332 g/mol. The fraction of sp³-hybridized carbons (Fsp3) is 0.750. The van der Waals surface area contributed by atoms with E-state index < -0.39 is 21.6 Å². The van der Waals surface area contributed by atoms with Gasteiger partial charge in [0.25, 0.3) is 0 Å². The fourth-order valence-corrected chi connectivity index (χ4v) is 1.38. The van der Waals surface area contributed by atoms with Gasteiger partial charge in [0.1, 0.15) is 9.65 Å². The van der Waals surface area contributed by atoms with E-state index >= 15 is 0 Å². The molecule has 0 aliphatic rings. The number of hydrogen-bond donors (Lipinski definition) is 0. The van der Waals surface area contributed by atoms with Gasteiger partial charge < -0.3 is 9.47 Å². The summed E-state index contributed by atoms with van der Waals surface area (Å²) in [5.74, 6) is -0.968. The number of carbonyl (C=O) groups is 2. The van der Waals surface area contributed by atoms with E-state index in [1.54, 1.807) is 13.8 Å². The summed E-state index contributed by atoms with van der Waals surface area (Å²) in [6, 6.07) is 0. The molecule has 0 aliphatic heterocycles. The second-order valence-corrected chi connectivity index (χ2v) is 4.28. The van der Waals surface area contributed by atoms with E-state index in [-0.39, 0.29) is 13.2 Å². The van der Waals surface area contributed by atoms with Gasteiger partial charge in [-0.2, -0.15) is 0 Å². The molecule has 0 heterocycles. The van der Waals surface area contributed by atoms with E-state index in [0.29, 0.717) is 0 Å². The summed E-state index contributed by atoms with van der Waals surface area (Å²) in [5, 5.41) is 0. The Morgan fingerprint density at radius 3 is 1.50 bits per heavy atom. The molecule has 14 heavy (non-hydrogen) atoms. The molecule has 4 nitrogen and oxygen atoms in total. The molecule has 0 aromatic heterocycles. The first-order chi connectivity index (χ1) is 6.54. The summed E-state index contributed by atoms with van der Waals surface area (Å²) in [6.07, 6.45) is 0. The minimum atomic E-state index is -0.721. The molecule has 0 aromatic carbocycles. The third kappa shape index (κ3) is 4.41. The lowest BCUT2D eigenvalue weighted by molar-refractivity contribution is -0.148. The van der Waals surface area contributed by atoms with Crippen molar-refractivity contribution in [3.8, 4) is 0 Å². The van der Waals surface area contributed by atoms with Gasteiger partial charge in [0.05, 0.1) is 13.2 Å². The maximum atomic E-state index is 11.2. The number of esters is 2. The van der Waals surface area contributed by atoms with Crippen molar-refractivity contribution < 1.29 is 19.1 Å². The Morgan fingerprint density at radius 1 is 1.00 bits per heavy atom. The van der Waals surface area contributed by atoms with Crippen molar-refractivity contribution in [2.75, 3.05) is 13.2 Å². The summed E-state index contributed by atoms with van der Waals surface area (Å²) in [4.78, 5) is 20.9. The second kappa shape index (κ2) is 7.23. The van der Waals surface area contributed by atoms with Crippen LogP contribution in [0.2, 0.25) is 0 Å². The van der Waals surface area contributed by atoms with Crippen molar-refractivity contribution in [1.29, 1.82) is 0 Å². The lowest BCUT2D eigenvalue weighted by atomic mass is 10.3. The van der Waals surface area contributed by atoms with Gasteiger partial charge in [0.2, 0.25) is 0 Å². The van der Waals surface area contributed by atoms with E-state index in [1.807, 2.05) is 0 Å². The summed E-state index contributed by atoms with van der Waals surface area (Å²) < 4.78 is 9.46. The van der Waals surface area contributed by atoms with Crippen molar-refractivity contribution in [3.63, 3.8) is 0 Å². The maximum Gasteiger partial charge on any atom is 0.321 e. The molecule has 0 amide bonds. The highest BCUT2D eigenvalue weighted by molar-refractivity contribution is 9.12. The van der Waals surface area contributed by atoms with Crippen LogP contribution in [-0.4, -0.2) is 34.8 Å². The van der Waals surface area contributed by atoms with Gasteiger partial charge >= 0.3 is 11.9 Å². The molecule has 0 N–H and O–H groups in total. The molecule has 82 valence electrons. The zero-order chi connectivity index (χ0) is 11.1. The van der Waals surface area contributed by atoms with Crippen LogP contribution in [0.3, 0.4) is 0 Å². The average Bonchev–Trinajstić information content (AvgIpc) is 2.16. The number of ether oxygens (including phenoxy) is 2. The normalized spacial score (nSPS) is 14.3. The van der Waals surface area contributed by atoms with E-state index in [1.165, 1.54) is 0 Å². The Labute approximate surface area is 99.6 Å². The predicted octanol–water partition coefficient (Wildman–Crippen LogP) is 1.64. The summed E-state index contributed by atoms with van der Waals surface area (Å²) in [7, 11) is 0. The van der Waals surface area contributed by atoms with Gasteiger partial charge in [-0.15, -0.1) is 0 Å². The van der Waals surface area contributed by atoms with Crippen molar-refractivity contribution in [2.24, 2.45) is 0 Å². The highest BCUT2D eigenvalue weighted by Gasteiger charge is 2.31. The van der Waals surface area contributed by atoms with E-state index in [2.05, 4.69) is 31.9 Å². The quantitative estimate of drug-likeness (QED) is 0.567. The molecule has 2 unspecified atom stereocenters. The van der Waals surface area contributed by atoms with Crippen LogP contribution in [0.25, 0.3) is 0 Å². The van der Waals surface area contributed by atoms with Crippen molar-refractivity contribution in [1.82, 2.24) is 0 Å². The fourth-order valence-electron chi connectivity index (χ4n) is 0.683. The molecule has 2 atom stereocenters. The molecule has 0 rings (SSSR count). The predicted molar refractivity (Wildman–Crippen MR) is 58.7 cm³/mol. The maximum absolute atomic E-state index is 11.2. The van der Waals surface area contributed by atoms with Crippen LogP contribution >= 0.6 is 31.9 Å². The first-order valence-electron chi connectivity index (χ1n) is 4.16. The van der Waals surface area contributed by atoms with Gasteiger partial charge in [0.15, 0.2) is 0 Å². The van der Waals surface area contributed by atoms with Gasteiger partial charge in [-0.05, 0) is 13.8 Å². The number of rotatable bonds is 5. The van der Waals surface area contributed by atoms with Gasteiger partial charge in [0, 0.05) is 0 Å². The SMILES string of the molecule is CCOC(=O)C(Br)C(Br)C(=O)OCC. The molecule has 0 radical (unpaired) electrons.